The van der Waals surface area contributed by atoms with E-state index in [-0.39, 0.29) is 11.7 Å². The number of aromatic nitrogens is 3. The molecule has 23 heavy (non-hydrogen) atoms. The van der Waals surface area contributed by atoms with Gasteiger partial charge in [0.25, 0.3) is 5.91 Å². The maximum atomic E-state index is 13.1. The van der Waals surface area contributed by atoms with Crippen molar-refractivity contribution in [2.75, 3.05) is 6.54 Å². The van der Waals surface area contributed by atoms with Gasteiger partial charge in [-0.2, -0.15) is 0 Å². The number of carbonyl (C=O) groups is 1. The standard InChI is InChI=1S/C17H15FN4O/c18-15-3-1-2-13(10-15)6-7-20-17(23)14-4-5-16(21-11-14)22-9-8-19-12-22/h1-5,8-12H,6-7H2,(H,20,23). The van der Waals surface area contributed by atoms with E-state index in [4.69, 9.17) is 0 Å². The van der Waals surface area contributed by atoms with Gasteiger partial charge in [-0.15, -0.1) is 0 Å². The topological polar surface area (TPSA) is 59.8 Å². The average molecular weight is 310 g/mol. The number of halogens is 1. The van der Waals surface area contributed by atoms with Crippen molar-refractivity contribution in [3.63, 3.8) is 0 Å². The van der Waals surface area contributed by atoms with Crippen molar-refractivity contribution in [1.29, 1.82) is 0 Å². The normalized spacial score (nSPS) is 10.5. The van der Waals surface area contributed by atoms with Gasteiger partial charge in [0.2, 0.25) is 0 Å². The van der Waals surface area contributed by atoms with Gasteiger partial charge in [-0.25, -0.2) is 14.4 Å². The lowest BCUT2D eigenvalue weighted by molar-refractivity contribution is 0.0954. The zero-order valence-electron chi connectivity index (χ0n) is 12.3. The van der Waals surface area contributed by atoms with Crippen LogP contribution in [0.3, 0.4) is 0 Å². The summed E-state index contributed by atoms with van der Waals surface area (Å²) in [6, 6.07) is 9.81. The minimum absolute atomic E-state index is 0.203. The third kappa shape index (κ3) is 3.79. The molecular formula is C17H15FN4O. The highest BCUT2D eigenvalue weighted by Crippen LogP contribution is 2.06. The first-order chi connectivity index (χ1) is 11.2. The molecule has 3 rings (SSSR count). The molecule has 6 heteroatoms. The van der Waals surface area contributed by atoms with Crippen LogP contribution in [0.15, 0.2) is 61.3 Å². The lowest BCUT2D eigenvalue weighted by atomic mass is 10.1. The molecule has 2 heterocycles. The molecule has 0 saturated carbocycles. The number of nitrogens with one attached hydrogen (secondary N) is 1. The van der Waals surface area contributed by atoms with Crippen LogP contribution in [0.1, 0.15) is 15.9 Å². The van der Waals surface area contributed by atoms with E-state index < -0.39 is 0 Å². The summed E-state index contributed by atoms with van der Waals surface area (Å²) in [6.07, 6.45) is 7.17. The minimum Gasteiger partial charge on any atom is -0.352 e. The predicted molar refractivity (Wildman–Crippen MR) is 83.8 cm³/mol. The Morgan fingerprint density at radius 1 is 1.26 bits per heavy atom. The minimum atomic E-state index is -0.270. The first-order valence-corrected chi connectivity index (χ1v) is 7.19. The van der Waals surface area contributed by atoms with Gasteiger partial charge in [-0.05, 0) is 36.2 Å². The number of carbonyl (C=O) groups excluding carboxylic acids is 1. The summed E-state index contributed by atoms with van der Waals surface area (Å²) in [7, 11) is 0. The Bertz CT molecular complexity index is 785. The molecule has 5 nitrogen and oxygen atoms in total. The largest absolute Gasteiger partial charge is 0.352 e. The van der Waals surface area contributed by atoms with Crippen molar-refractivity contribution in [2.24, 2.45) is 0 Å². The van der Waals surface area contributed by atoms with Crippen molar-refractivity contribution in [3.8, 4) is 5.82 Å². The van der Waals surface area contributed by atoms with Crippen LogP contribution >= 0.6 is 0 Å². The number of hydrogen-bond acceptors (Lipinski definition) is 3. The molecule has 3 aromatic rings. The molecule has 0 fully saturated rings. The van der Waals surface area contributed by atoms with Crippen molar-refractivity contribution < 1.29 is 9.18 Å². The smallest absolute Gasteiger partial charge is 0.252 e. The SMILES string of the molecule is O=C(NCCc1cccc(F)c1)c1ccc(-n2ccnc2)nc1. The highest BCUT2D eigenvalue weighted by Gasteiger charge is 2.06. The van der Waals surface area contributed by atoms with Crippen LogP contribution in [0.4, 0.5) is 4.39 Å². The van der Waals surface area contributed by atoms with Gasteiger partial charge in [0.05, 0.1) is 5.56 Å². The summed E-state index contributed by atoms with van der Waals surface area (Å²) < 4.78 is 14.8. The van der Waals surface area contributed by atoms with Gasteiger partial charge in [-0.3, -0.25) is 9.36 Å². The van der Waals surface area contributed by atoms with E-state index in [9.17, 15) is 9.18 Å². The molecule has 0 spiro atoms. The Morgan fingerprint density at radius 2 is 2.17 bits per heavy atom. The first kappa shape index (κ1) is 14.9. The van der Waals surface area contributed by atoms with E-state index in [1.54, 1.807) is 41.5 Å². The second-order valence-electron chi connectivity index (χ2n) is 5.01. The van der Waals surface area contributed by atoms with Gasteiger partial charge in [0.15, 0.2) is 0 Å². The van der Waals surface area contributed by atoms with Crippen LogP contribution in [0.25, 0.3) is 5.82 Å². The molecule has 0 bridgehead atoms. The molecule has 0 saturated heterocycles. The van der Waals surface area contributed by atoms with Crippen LogP contribution in [0, 0.1) is 5.82 Å². The number of hydrogen-bond donors (Lipinski definition) is 1. The Labute approximate surface area is 132 Å². The Balaban J connectivity index is 1.56. The summed E-state index contributed by atoms with van der Waals surface area (Å²) in [5.74, 6) is 0.220. The maximum Gasteiger partial charge on any atom is 0.252 e. The van der Waals surface area contributed by atoms with Gasteiger partial charge >= 0.3 is 0 Å². The fraction of sp³-hybridized carbons (Fsp3) is 0.118. The molecule has 0 aliphatic rings. The average Bonchev–Trinajstić information content (AvgIpc) is 3.09. The highest BCUT2D eigenvalue weighted by molar-refractivity contribution is 5.93. The number of rotatable bonds is 5. The van der Waals surface area contributed by atoms with Gasteiger partial charge < -0.3 is 5.32 Å². The number of benzene rings is 1. The Morgan fingerprint density at radius 3 is 2.87 bits per heavy atom. The number of nitrogens with zero attached hydrogens (tertiary/aromatic N) is 3. The molecule has 1 amide bonds. The van der Waals surface area contributed by atoms with Gasteiger partial charge in [0, 0.05) is 25.1 Å². The monoisotopic (exact) mass is 310 g/mol. The lowest BCUT2D eigenvalue weighted by Gasteiger charge is -2.06. The molecule has 0 aliphatic carbocycles. The zero-order valence-corrected chi connectivity index (χ0v) is 12.3. The summed E-state index contributed by atoms with van der Waals surface area (Å²) in [5, 5.41) is 2.80. The fourth-order valence-corrected chi connectivity index (χ4v) is 2.18. The summed E-state index contributed by atoms with van der Waals surface area (Å²) in [6.45, 7) is 0.436. The van der Waals surface area contributed by atoms with Crippen molar-refractivity contribution >= 4 is 5.91 Å². The first-order valence-electron chi connectivity index (χ1n) is 7.19. The van der Waals surface area contributed by atoms with Gasteiger partial charge in [-0.1, -0.05) is 12.1 Å². The van der Waals surface area contributed by atoms with Crippen LogP contribution in [0.2, 0.25) is 0 Å². The zero-order chi connectivity index (χ0) is 16.1. The lowest BCUT2D eigenvalue weighted by Crippen LogP contribution is -2.25. The summed E-state index contributed by atoms with van der Waals surface area (Å²) in [4.78, 5) is 20.2. The van der Waals surface area contributed by atoms with Crippen molar-refractivity contribution in [1.82, 2.24) is 19.9 Å². The molecule has 2 aromatic heterocycles. The van der Waals surface area contributed by atoms with Crippen LogP contribution in [-0.4, -0.2) is 27.0 Å². The van der Waals surface area contributed by atoms with Crippen LogP contribution in [0.5, 0.6) is 0 Å². The van der Waals surface area contributed by atoms with Gasteiger partial charge in [0.1, 0.15) is 18.0 Å². The van der Waals surface area contributed by atoms with E-state index in [0.29, 0.717) is 24.3 Å². The summed E-state index contributed by atoms with van der Waals surface area (Å²) >= 11 is 0. The van der Waals surface area contributed by atoms with E-state index in [2.05, 4.69) is 15.3 Å². The second kappa shape index (κ2) is 6.83. The number of imidazole rings is 1. The second-order valence-corrected chi connectivity index (χ2v) is 5.01. The molecular weight excluding hydrogens is 295 g/mol. The van der Waals surface area contributed by atoms with Crippen LogP contribution in [-0.2, 0) is 6.42 Å². The third-order valence-corrected chi connectivity index (χ3v) is 3.37. The van der Waals surface area contributed by atoms with Crippen molar-refractivity contribution in [2.45, 2.75) is 6.42 Å². The van der Waals surface area contributed by atoms with Crippen molar-refractivity contribution in [3.05, 3.63) is 78.3 Å². The summed E-state index contributed by atoms with van der Waals surface area (Å²) in [5.41, 5.74) is 1.33. The number of amides is 1. The molecule has 0 radical (unpaired) electrons. The molecule has 116 valence electrons. The third-order valence-electron chi connectivity index (χ3n) is 3.37. The molecule has 1 aromatic carbocycles. The predicted octanol–water partition coefficient (Wildman–Crippen LogP) is 2.38. The molecule has 0 unspecified atom stereocenters. The quantitative estimate of drug-likeness (QED) is 0.787. The molecule has 1 N–H and O–H groups in total. The fourth-order valence-electron chi connectivity index (χ4n) is 2.18. The molecule has 0 atom stereocenters. The van der Waals surface area contributed by atoms with E-state index >= 15 is 0 Å². The van der Waals surface area contributed by atoms with Crippen LogP contribution < -0.4 is 5.32 Å². The molecule has 0 aliphatic heterocycles. The Hall–Kier alpha value is -3.02. The highest BCUT2D eigenvalue weighted by atomic mass is 19.1. The van der Waals surface area contributed by atoms with E-state index in [1.807, 2.05) is 6.07 Å². The maximum absolute atomic E-state index is 13.1. The van der Waals surface area contributed by atoms with E-state index in [1.165, 1.54) is 18.3 Å². The van der Waals surface area contributed by atoms with E-state index in [0.717, 1.165) is 5.56 Å². The Kier molecular flexibility index (Phi) is 4.42. The number of pyridine rings is 1.